The Morgan fingerprint density at radius 1 is 1.05 bits per heavy atom. The number of hydrogen-bond donors (Lipinski definition) is 1. The molecule has 0 aliphatic rings. The molecule has 0 fully saturated rings. The molecule has 1 heterocycles. The van der Waals surface area contributed by atoms with Crippen molar-refractivity contribution in [3.8, 4) is 11.6 Å². The van der Waals surface area contributed by atoms with E-state index in [-0.39, 0.29) is 4.99 Å². The molecule has 98 valence electrons. The minimum atomic E-state index is 0.214. The predicted octanol–water partition coefficient (Wildman–Crippen LogP) is 1.57. The molecule has 1 aromatic carbocycles. The van der Waals surface area contributed by atoms with E-state index in [0.717, 1.165) is 5.75 Å². The standard InChI is InChI=1S/C13H13N3O2S/c14-13(19)11-8-16-12(9-15-11)18-7-6-17-10-4-2-1-3-5-10/h1-5,8-9H,6-7H2,(H2,14,19). The number of aromatic nitrogens is 2. The van der Waals surface area contributed by atoms with E-state index in [2.05, 4.69) is 9.97 Å². The molecule has 2 aromatic rings. The Labute approximate surface area is 116 Å². The molecule has 0 radical (unpaired) electrons. The zero-order valence-electron chi connectivity index (χ0n) is 10.2. The molecule has 6 heteroatoms. The van der Waals surface area contributed by atoms with Crippen LogP contribution in [-0.2, 0) is 0 Å². The smallest absolute Gasteiger partial charge is 0.232 e. The van der Waals surface area contributed by atoms with Crippen molar-refractivity contribution in [3.05, 3.63) is 48.4 Å². The third-order valence-electron chi connectivity index (χ3n) is 2.23. The van der Waals surface area contributed by atoms with Gasteiger partial charge in [0.05, 0.1) is 12.4 Å². The van der Waals surface area contributed by atoms with Gasteiger partial charge in [-0.05, 0) is 12.1 Å². The van der Waals surface area contributed by atoms with Gasteiger partial charge in [-0.25, -0.2) is 9.97 Å². The average Bonchev–Trinajstić information content (AvgIpc) is 2.45. The van der Waals surface area contributed by atoms with Gasteiger partial charge in [-0.15, -0.1) is 0 Å². The second-order valence-electron chi connectivity index (χ2n) is 3.61. The Kier molecular flexibility index (Phi) is 4.63. The van der Waals surface area contributed by atoms with Crippen molar-refractivity contribution in [1.29, 1.82) is 0 Å². The molecule has 0 atom stereocenters. The number of thiocarbonyl (C=S) groups is 1. The first-order chi connectivity index (χ1) is 9.25. The fourth-order valence-corrected chi connectivity index (χ4v) is 1.45. The van der Waals surface area contributed by atoms with Crippen LogP contribution >= 0.6 is 12.2 Å². The maximum Gasteiger partial charge on any atom is 0.232 e. The van der Waals surface area contributed by atoms with E-state index in [0.29, 0.717) is 24.8 Å². The maximum absolute atomic E-state index is 5.48. The van der Waals surface area contributed by atoms with Crippen LogP contribution in [-0.4, -0.2) is 28.2 Å². The Hall–Kier alpha value is -2.21. The summed E-state index contributed by atoms with van der Waals surface area (Å²) >= 11 is 4.78. The Morgan fingerprint density at radius 2 is 1.79 bits per heavy atom. The summed E-state index contributed by atoms with van der Waals surface area (Å²) in [5.74, 6) is 1.22. The topological polar surface area (TPSA) is 70.3 Å². The van der Waals surface area contributed by atoms with Crippen molar-refractivity contribution in [2.75, 3.05) is 13.2 Å². The summed E-state index contributed by atoms with van der Waals surface area (Å²) in [5.41, 5.74) is 5.89. The summed E-state index contributed by atoms with van der Waals surface area (Å²) in [6.07, 6.45) is 2.97. The van der Waals surface area contributed by atoms with Gasteiger partial charge in [-0.3, -0.25) is 0 Å². The third-order valence-corrected chi connectivity index (χ3v) is 2.43. The Balaban J connectivity index is 1.75. The summed E-state index contributed by atoms with van der Waals surface area (Å²) in [6.45, 7) is 0.818. The quantitative estimate of drug-likeness (QED) is 0.637. The second-order valence-corrected chi connectivity index (χ2v) is 4.05. The molecule has 5 nitrogen and oxygen atoms in total. The second kappa shape index (κ2) is 6.65. The molecule has 0 amide bonds. The lowest BCUT2D eigenvalue weighted by Crippen LogP contribution is -2.13. The molecule has 0 saturated carbocycles. The molecule has 1 aromatic heterocycles. The van der Waals surface area contributed by atoms with Crippen LogP contribution in [0.5, 0.6) is 11.6 Å². The number of rotatable bonds is 6. The van der Waals surface area contributed by atoms with Crippen LogP contribution in [0.4, 0.5) is 0 Å². The highest BCUT2D eigenvalue weighted by molar-refractivity contribution is 7.80. The zero-order chi connectivity index (χ0) is 13.5. The van der Waals surface area contributed by atoms with E-state index in [4.69, 9.17) is 27.4 Å². The highest BCUT2D eigenvalue weighted by Gasteiger charge is 2.00. The molecule has 2 rings (SSSR count). The van der Waals surface area contributed by atoms with Crippen LogP contribution in [0.3, 0.4) is 0 Å². The number of para-hydroxylation sites is 1. The predicted molar refractivity (Wildman–Crippen MR) is 75.4 cm³/mol. The molecule has 19 heavy (non-hydrogen) atoms. The molecule has 0 aliphatic heterocycles. The van der Waals surface area contributed by atoms with Crippen molar-refractivity contribution in [1.82, 2.24) is 9.97 Å². The first-order valence-electron chi connectivity index (χ1n) is 5.68. The first-order valence-corrected chi connectivity index (χ1v) is 6.09. The first kappa shape index (κ1) is 13.2. The molecule has 2 N–H and O–H groups in total. The number of nitrogens with two attached hydrogens (primary N) is 1. The minimum absolute atomic E-state index is 0.214. The molecule has 0 saturated heterocycles. The van der Waals surface area contributed by atoms with E-state index in [9.17, 15) is 0 Å². The van der Waals surface area contributed by atoms with Gasteiger partial charge in [0.25, 0.3) is 0 Å². The average molecular weight is 275 g/mol. The lowest BCUT2D eigenvalue weighted by atomic mass is 10.3. The summed E-state index contributed by atoms with van der Waals surface area (Å²) in [4.78, 5) is 8.27. The minimum Gasteiger partial charge on any atom is -0.490 e. The maximum atomic E-state index is 5.48. The fourth-order valence-electron chi connectivity index (χ4n) is 1.34. The lowest BCUT2D eigenvalue weighted by molar-refractivity contribution is 0.211. The highest BCUT2D eigenvalue weighted by Crippen LogP contribution is 2.08. The summed E-state index contributed by atoms with van der Waals surface area (Å²) in [6, 6.07) is 9.53. The van der Waals surface area contributed by atoms with E-state index >= 15 is 0 Å². The molecule has 0 unspecified atom stereocenters. The SMILES string of the molecule is NC(=S)c1cnc(OCCOc2ccccc2)cn1. The van der Waals surface area contributed by atoms with Crippen LogP contribution < -0.4 is 15.2 Å². The zero-order valence-corrected chi connectivity index (χ0v) is 11.0. The fraction of sp³-hybridized carbons (Fsp3) is 0.154. The van der Waals surface area contributed by atoms with Crippen molar-refractivity contribution < 1.29 is 9.47 Å². The molecular weight excluding hydrogens is 262 g/mol. The van der Waals surface area contributed by atoms with Crippen LogP contribution in [0.2, 0.25) is 0 Å². The number of benzene rings is 1. The van der Waals surface area contributed by atoms with Crippen LogP contribution in [0, 0.1) is 0 Å². The van der Waals surface area contributed by atoms with Gasteiger partial charge in [-0.2, -0.15) is 0 Å². The number of nitrogens with zero attached hydrogens (tertiary/aromatic N) is 2. The number of hydrogen-bond acceptors (Lipinski definition) is 5. The Morgan fingerprint density at radius 3 is 2.42 bits per heavy atom. The van der Waals surface area contributed by atoms with Gasteiger partial charge in [0.1, 0.15) is 29.6 Å². The van der Waals surface area contributed by atoms with Gasteiger partial charge in [-0.1, -0.05) is 30.4 Å². The van der Waals surface area contributed by atoms with Gasteiger partial charge >= 0.3 is 0 Å². The normalized spacial score (nSPS) is 9.89. The summed E-state index contributed by atoms with van der Waals surface area (Å²) < 4.78 is 10.9. The van der Waals surface area contributed by atoms with Crippen LogP contribution in [0.1, 0.15) is 5.69 Å². The third kappa shape index (κ3) is 4.18. The highest BCUT2D eigenvalue weighted by atomic mass is 32.1. The molecular formula is C13H13N3O2S. The van der Waals surface area contributed by atoms with Crippen molar-refractivity contribution in [2.45, 2.75) is 0 Å². The largest absolute Gasteiger partial charge is 0.490 e. The van der Waals surface area contributed by atoms with E-state index in [1.54, 1.807) is 0 Å². The van der Waals surface area contributed by atoms with Crippen LogP contribution in [0.15, 0.2) is 42.7 Å². The Bertz CT molecular complexity index is 531. The van der Waals surface area contributed by atoms with E-state index in [1.165, 1.54) is 12.4 Å². The van der Waals surface area contributed by atoms with Gasteiger partial charge in [0.15, 0.2) is 0 Å². The number of ether oxygens (including phenoxy) is 2. The monoisotopic (exact) mass is 275 g/mol. The van der Waals surface area contributed by atoms with Gasteiger partial charge < -0.3 is 15.2 Å². The molecule has 0 bridgehead atoms. The van der Waals surface area contributed by atoms with Crippen molar-refractivity contribution in [2.24, 2.45) is 5.73 Å². The van der Waals surface area contributed by atoms with Crippen molar-refractivity contribution in [3.63, 3.8) is 0 Å². The van der Waals surface area contributed by atoms with Gasteiger partial charge in [0.2, 0.25) is 5.88 Å². The summed E-state index contributed by atoms with van der Waals surface area (Å²) in [7, 11) is 0. The molecule has 0 spiro atoms. The van der Waals surface area contributed by atoms with Crippen LogP contribution in [0.25, 0.3) is 0 Å². The van der Waals surface area contributed by atoms with Crippen molar-refractivity contribution >= 4 is 17.2 Å². The van der Waals surface area contributed by atoms with E-state index < -0.39 is 0 Å². The summed E-state index contributed by atoms with van der Waals surface area (Å²) in [5, 5.41) is 0. The lowest BCUT2D eigenvalue weighted by Gasteiger charge is -2.07. The van der Waals surface area contributed by atoms with Gasteiger partial charge in [0, 0.05) is 0 Å². The molecule has 0 aliphatic carbocycles. The van der Waals surface area contributed by atoms with E-state index in [1.807, 2.05) is 30.3 Å².